The Balaban J connectivity index is 1.77. The van der Waals surface area contributed by atoms with E-state index in [4.69, 9.17) is 4.74 Å². The fourth-order valence-electron chi connectivity index (χ4n) is 2.71. The molecule has 1 aromatic heterocycles. The van der Waals surface area contributed by atoms with Crippen LogP contribution in [-0.4, -0.2) is 16.2 Å². The average molecular weight is 334 g/mol. The number of hydrogen-bond acceptors (Lipinski definition) is 3. The topological polar surface area (TPSA) is 44.1 Å². The smallest absolute Gasteiger partial charge is 0.254 e. The number of ether oxygens (including phenoxy) is 1. The van der Waals surface area contributed by atoms with Gasteiger partial charge in [0.05, 0.1) is 12.2 Å². The Labute approximate surface area is 147 Å². The lowest BCUT2D eigenvalue weighted by Gasteiger charge is -2.13. The minimum absolute atomic E-state index is 0.0433. The van der Waals surface area contributed by atoms with Crippen LogP contribution < -0.4 is 10.3 Å². The molecule has 0 unspecified atom stereocenters. The molecular weight excluding hydrogens is 312 g/mol. The summed E-state index contributed by atoms with van der Waals surface area (Å²) in [5, 5.41) is 0. The van der Waals surface area contributed by atoms with Crippen LogP contribution in [0, 0.1) is 6.92 Å². The average Bonchev–Trinajstić information content (AvgIpc) is 2.65. The summed E-state index contributed by atoms with van der Waals surface area (Å²) in [4.78, 5) is 17.2. The molecule has 0 radical (unpaired) electrons. The maximum atomic E-state index is 12.5. The van der Waals surface area contributed by atoms with Crippen molar-refractivity contribution in [1.82, 2.24) is 9.55 Å². The van der Waals surface area contributed by atoms with E-state index >= 15 is 0 Å². The molecule has 0 saturated heterocycles. The minimum atomic E-state index is -0.0433. The van der Waals surface area contributed by atoms with Crippen LogP contribution in [0.15, 0.2) is 65.5 Å². The van der Waals surface area contributed by atoms with Gasteiger partial charge in [-0.25, -0.2) is 4.98 Å². The molecular formula is C21H22N2O2. The Bertz CT molecular complexity index is 884. The van der Waals surface area contributed by atoms with Crippen LogP contribution in [0.5, 0.6) is 5.75 Å². The first-order chi connectivity index (χ1) is 12.2. The molecule has 1 heterocycles. The standard InChI is InChI=1S/C21H22N2O2/c1-3-20-22-19(17-7-5-4-6-8-17)15-21(24)23(20)13-14-25-18-11-9-16(2)10-12-18/h4-12,15H,3,13-14H2,1-2H3. The van der Waals surface area contributed by atoms with Crippen LogP contribution in [-0.2, 0) is 13.0 Å². The van der Waals surface area contributed by atoms with Crippen LogP contribution in [0.25, 0.3) is 11.3 Å². The highest BCUT2D eigenvalue weighted by Gasteiger charge is 2.09. The molecule has 0 aliphatic heterocycles. The van der Waals surface area contributed by atoms with Gasteiger partial charge < -0.3 is 4.74 Å². The van der Waals surface area contributed by atoms with Crippen LogP contribution in [0.2, 0.25) is 0 Å². The lowest BCUT2D eigenvalue weighted by atomic mass is 10.1. The zero-order chi connectivity index (χ0) is 17.6. The number of benzene rings is 2. The number of aryl methyl sites for hydroxylation is 2. The third-order valence-electron chi connectivity index (χ3n) is 4.08. The summed E-state index contributed by atoms with van der Waals surface area (Å²) in [5.41, 5.74) is 2.83. The lowest BCUT2D eigenvalue weighted by molar-refractivity contribution is 0.293. The van der Waals surface area contributed by atoms with E-state index in [1.54, 1.807) is 10.6 Å². The summed E-state index contributed by atoms with van der Waals surface area (Å²) >= 11 is 0. The molecule has 4 nitrogen and oxygen atoms in total. The molecule has 0 saturated carbocycles. The molecule has 128 valence electrons. The molecule has 0 aliphatic carbocycles. The summed E-state index contributed by atoms with van der Waals surface area (Å²) in [6.07, 6.45) is 0.695. The van der Waals surface area contributed by atoms with E-state index in [2.05, 4.69) is 4.98 Å². The minimum Gasteiger partial charge on any atom is -0.492 e. The Hall–Kier alpha value is -2.88. The molecule has 25 heavy (non-hydrogen) atoms. The van der Waals surface area contributed by atoms with E-state index in [0.717, 1.165) is 22.8 Å². The van der Waals surface area contributed by atoms with Crippen molar-refractivity contribution in [1.29, 1.82) is 0 Å². The third-order valence-corrected chi connectivity index (χ3v) is 4.08. The second-order valence-electron chi connectivity index (χ2n) is 5.93. The zero-order valence-corrected chi connectivity index (χ0v) is 14.6. The van der Waals surface area contributed by atoms with E-state index in [0.29, 0.717) is 19.6 Å². The fourth-order valence-corrected chi connectivity index (χ4v) is 2.71. The Morgan fingerprint density at radius 3 is 2.44 bits per heavy atom. The normalized spacial score (nSPS) is 10.6. The number of nitrogens with zero attached hydrogens (tertiary/aromatic N) is 2. The van der Waals surface area contributed by atoms with Crippen molar-refractivity contribution < 1.29 is 4.74 Å². The first-order valence-corrected chi connectivity index (χ1v) is 8.53. The highest BCUT2D eigenvalue weighted by atomic mass is 16.5. The van der Waals surface area contributed by atoms with Crippen molar-refractivity contribution in [3.63, 3.8) is 0 Å². The lowest BCUT2D eigenvalue weighted by Crippen LogP contribution is -2.27. The zero-order valence-electron chi connectivity index (χ0n) is 14.6. The fraction of sp³-hybridized carbons (Fsp3) is 0.238. The summed E-state index contributed by atoms with van der Waals surface area (Å²) in [7, 11) is 0. The quantitative estimate of drug-likeness (QED) is 0.687. The maximum absolute atomic E-state index is 12.5. The van der Waals surface area contributed by atoms with Crippen LogP contribution in [0.4, 0.5) is 0 Å². The SMILES string of the molecule is CCc1nc(-c2ccccc2)cc(=O)n1CCOc1ccc(C)cc1. The number of aromatic nitrogens is 2. The van der Waals surface area contributed by atoms with Crippen molar-refractivity contribution in [3.8, 4) is 17.0 Å². The molecule has 0 amide bonds. The van der Waals surface area contributed by atoms with Gasteiger partial charge in [0.15, 0.2) is 0 Å². The van der Waals surface area contributed by atoms with Crippen LogP contribution >= 0.6 is 0 Å². The van der Waals surface area contributed by atoms with Gasteiger partial charge in [-0.2, -0.15) is 0 Å². The van der Waals surface area contributed by atoms with Gasteiger partial charge in [0, 0.05) is 18.1 Å². The molecule has 3 aromatic rings. The van der Waals surface area contributed by atoms with Gasteiger partial charge in [-0.3, -0.25) is 9.36 Å². The third kappa shape index (κ3) is 4.15. The van der Waals surface area contributed by atoms with Gasteiger partial charge in [-0.05, 0) is 19.1 Å². The van der Waals surface area contributed by atoms with Crippen molar-refractivity contribution in [3.05, 3.63) is 82.4 Å². The molecule has 0 N–H and O–H groups in total. The molecule has 0 aliphatic rings. The molecule has 2 aromatic carbocycles. The second-order valence-corrected chi connectivity index (χ2v) is 5.93. The van der Waals surface area contributed by atoms with Crippen molar-refractivity contribution in [2.75, 3.05) is 6.61 Å². The van der Waals surface area contributed by atoms with Gasteiger partial charge in [-0.1, -0.05) is 55.0 Å². The second kappa shape index (κ2) is 7.79. The van der Waals surface area contributed by atoms with E-state index in [-0.39, 0.29) is 5.56 Å². The largest absolute Gasteiger partial charge is 0.492 e. The van der Waals surface area contributed by atoms with Gasteiger partial charge in [-0.15, -0.1) is 0 Å². The molecule has 3 rings (SSSR count). The summed E-state index contributed by atoms with van der Waals surface area (Å²) < 4.78 is 7.44. The first-order valence-electron chi connectivity index (χ1n) is 8.53. The number of rotatable bonds is 6. The van der Waals surface area contributed by atoms with Crippen LogP contribution in [0.1, 0.15) is 18.3 Å². The summed E-state index contributed by atoms with van der Waals surface area (Å²) in [6.45, 7) is 4.96. The Kier molecular flexibility index (Phi) is 5.29. The van der Waals surface area contributed by atoms with Gasteiger partial charge in [0.2, 0.25) is 0 Å². The molecule has 4 heteroatoms. The van der Waals surface area contributed by atoms with Gasteiger partial charge >= 0.3 is 0 Å². The van der Waals surface area contributed by atoms with Crippen molar-refractivity contribution >= 4 is 0 Å². The number of hydrogen-bond donors (Lipinski definition) is 0. The van der Waals surface area contributed by atoms with Crippen molar-refractivity contribution in [2.24, 2.45) is 0 Å². The van der Waals surface area contributed by atoms with Crippen LogP contribution in [0.3, 0.4) is 0 Å². The molecule has 0 spiro atoms. The Morgan fingerprint density at radius 1 is 1.04 bits per heavy atom. The highest BCUT2D eigenvalue weighted by Crippen LogP contribution is 2.15. The van der Waals surface area contributed by atoms with E-state index in [1.807, 2.05) is 68.4 Å². The Morgan fingerprint density at radius 2 is 1.76 bits per heavy atom. The first kappa shape index (κ1) is 17.0. The monoisotopic (exact) mass is 334 g/mol. The molecule has 0 atom stereocenters. The summed E-state index contributed by atoms with van der Waals surface area (Å²) in [5.74, 6) is 1.59. The predicted octanol–water partition coefficient (Wildman–Crippen LogP) is 3.86. The molecule has 0 bridgehead atoms. The predicted molar refractivity (Wildman–Crippen MR) is 100.0 cm³/mol. The van der Waals surface area contributed by atoms with E-state index in [1.165, 1.54) is 5.56 Å². The molecule has 0 fully saturated rings. The van der Waals surface area contributed by atoms with Gasteiger partial charge in [0.25, 0.3) is 5.56 Å². The maximum Gasteiger partial charge on any atom is 0.254 e. The van der Waals surface area contributed by atoms with Gasteiger partial charge in [0.1, 0.15) is 18.2 Å². The van der Waals surface area contributed by atoms with E-state index in [9.17, 15) is 4.79 Å². The van der Waals surface area contributed by atoms with E-state index < -0.39 is 0 Å². The summed E-state index contributed by atoms with van der Waals surface area (Å²) in [6, 6.07) is 19.3. The van der Waals surface area contributed by atoms with Crippen molar-refractivity contribution in [2.45, 2.75) is 26.8 Å². The highest BCUT2D eigenvalue weighted by molar-refractivity contribution is 5.58.